The lowest BCUT2D eigenvalue weighted by molar-refractivity contribution is -0.129. The van der Waals surface area contributed by atoms with Gasteiger partial charge in [-0.3, -0.25) is 0 Å². The summed E-state index contributed by atoms with van der Waals surface area (Å²) in [5.74, 6) is 0.455. The maximum Gasteiger partial charge on any atom is 0.350 e. The minimum atomic E-state index is -1.14. The molecule has 34 heavy (non-hydrogen) atoms. The van der Waals surface area contributed by atoms with E-state index >= 15 is 0 Å². The van der Waals surface area contributed by atoms with Crippen LogP contribution in [0.1, 0.15) is 49.7 Å². The molecule has 2 aromatic heterocycles. The Morgan fingerprint density at radius 2 is 1.94 bits per heavy atom. The number of para-hydroxylation sites is 1. The number of hydrogen-bond donors (Lipinski definition) is 1. The van der Waals surface area contributed by atoms with Crippen LogP contribution in [0.2, 0.25) is 0 Å². The number of aliphatic carboxylic acids is 1. The van der Waals surface area contributed by atoms with Crippen molar-refractivity contribution < 1.29 is 23.9 Å². The number of carboxylic acids is 1. The van der Waals surface area contributed by atoms with Crippen molar-refractivity contribution >= 4 is 34.1 Å². The van der Waals surface area contributed by atoms with Gasteiger partial charge >= 0.3 is 5.97 Å². The average molecular weight is 459 g/mol. The molecule has 2 heterocycles. The molecule has 2 aromatic carbocycles. The number of hydrogen-bond acceptors (Lipinski definition) is 6. The van der Waals surface area contributed by atoms with Crippen molar-refractivity contribution in [3.8, 4) is 5.75 Å². The molecule has 1 N–H and O–H groups in total. The van der Waals surface area contributed by atoms with E-state index in [2.05, 4.69) is 10.1 Å². The molecule has 1 saturated carbocycles. The van der Waals surface area contributed by atoms with Crippen LogP contribution in [0.5, 0.6) is 5.75 Å². The number of aromatic nitrogens is 1. The first-order chi connectivity index (χ1) is 16.7. The largest absolute Gasteiger partial charge is 0.487 e. The van der Waals surface area contributed by atoms with E-state index in [0.29, 0.717) is 18.1 Å². The lowest BCUT2D eigenvalue weighted by atomic mass is 9.84. The highest BCUT2D eigenvalue weighted by molar-refractivity contribution is 6.21. The summed E-state index contributed by atoms with van der Waals surface area (Å²) >= 11 is 0. The van der Waals surface area contributed by atoms with E-state index in [0.717, 1.165) is 59.5 Å². The van der Waals surface area contributed by atoms with E-state index in [4.69, 9.17) is 19.1 Å². The van der Waals surface area contributed by atoms with Crippen molar-refractivity contribution in [1.82, 2.24) is 4.98 Å². The molecule has 1 atom stereocenters. The summed E-state index contributed by atoms with van der Waals surface area (Å²) in [6.45, 7) is 0.360. The van der Waals surface area contributed by atoms with Crippen LogP contribution in [-0.2, 0) is 16.2 Å². The Morgan fingerprint density at radius 1 is 1.09 bits per heavy atom. The molecule has 1 fully saturated rings. The van der Waals surface area contributed by atoms with Crippen molar-refractivity contribution in [3.05, 3.63) is 72.1 Å². The second kappa shape index (κ2) is 9.95. The molecule has 4 aromatic rings. The van der Waals surface area contributed by atoms with Crippen LogP contribution in [0.3, 0.4) is 0 Å². The predicted molar refractivity (Wildman–Crippen MR) is 129 cm³/mol. The molecule has 1 aliphatic carbocycles. The Balaban J connectivity index is 1.34. The topological polar surface area (TPSA) is 94.2 Å². The SMILES string of the molecule is O=C(O)/C=N/OC(c1cc2cc(OCc3ccc4ccccc4n3)ccc2o1)C1CCCCC1. The molecule has 1 aliphatic rings. The Hall–Kier alpha value is -3.87. The molecule has 174 valence electrons. The Bertz CT molecular complexity index is 1320. The highest BCUT2D eigenvalue weighted by Gasteiger charge is 2.30. The second-order valence-electron chi connectivity index (χ2n) is 8.63. The number of carbonyl (C=O) groups is 1. The zero-order valence-electron chi connectivity index (χ0n) is 18.7. The van der Waals surface area contributed by atoms with Crippen molar-refractivity contribution in [3.63, 3.8) is 0 Å². The molecule has 0 bridgehead atoms. The van der Waals surface area contributed by atoms with Gasteiger partial charge in [0, 0.05) is 16.7 Å². The van der Waals surface area contributed by atoms with E-state index in [1.54, 1.807) is 0 Å². The van der Waals surface area contributed by atoms with Crippen molar-refractivity contribution in [2.24, 2.45) is 11.1 Å². The molecule has 5 rings (SSSR count). The zero-order chi connectivity index (χ0) is 23.3. The maximum absolute atomic E-state index is 10.8. The number of furan rings is 1. The predicted octanol–water partition coefficient (Wildman–Crippen LogP) is 6.27. The van der Waals surface area contributed by atoms with Crippen LogP contribution in [-0.4, -0.2) is 22.3 Å². The van der Waals surface area contributed by atoms with Gasteiger partial charge in [0.15, 0.2) is 12.3 Å². The number of carboxylic acid groups (broad SMARTS) is 1. The Kier molecular flexibility index (Phi) is 6.42. The van der Waals surface area contributed by atoms with Gasteiger partial charge in [-0.25, -0.2) is 9.78 Å². The van der Waals surface area contributed by atoms with Crippen LogP contribution in [0.4, 0.5) is 0 Å². The first kappa shape index (κ1) is 21.9. The van der Waals surface area contributed by atoms with Gasteiger partial charge in [0.2, 0.25) is 0 Å². The Morgan fingerprint density at radius 3 is 2.79 bits per heavy atom. The fourth-order valence-electron chi connectivity index (χ4n) is 4.57. The molecule has 0 amide bonds. The lowest BCUT2D eigenvalue weighted by Gasteiger charge is -2.26. The molecular weight excluding hydrogens is 432 g/mol. The van der Waals surface area contributed by atoms with E-state index in [9.17, 15) is 4.79 Å². The van der Waals surface area contributed by atoms with E-state index in [1.165, 1.54) is 6.42 Å². The van der Waals surface area contributed by atoms with E-state index in [-0.39, 0.29) is 5.92 Å². The summed E-state index contributed by atoms with van der Waals surface area (Å²) in [4.78, 5) is 21.1. The molecule has 1 unspecified atom stereocenters. The molecule has 0 saturated heterocycles. The van der Waals surface area contributed by atoms with Gasteiger partial charge in [-0.05, 0) is 49.2 Å². The number of nitrogens with zero attached hydrogens (tertiary/aromatic N) is 2. The van der Waals surface area contributed by atoms with Crippen LogP contribution in [0.15, 0.2) is 70.2 Å². The van der Waals surface area contributed by atoms with Crippen LogP contribution in [0.25, 0.3) is 21.9 Å². The van der Waals surface area contributed by atoms with Crippen molar-refractivity contribution in [1.29, 1.82) is 0 Å². The third-order valence-corrected chi connectivity index (χ3v) is 6.25. The van der Waals surface area contributed by atoms with Gasteiger partial charge < -0.3 is 19.1 Å². The molecule has 7 heteroatoms. The fraction of sp³-hybridized carbons (Fsp3) is 0.296. The molecule has 7 nitrogen and oxygen atoms in total. The summed E-state index contributed by atoms with van der Waals surface area (Å²) < 4.78 is 12.1. The number of rotatable bonds is 8. The third kappa shape index (κ3) is 5.03. The quantitative estimate of drug-likeness (QED) is 0.247. The summed E-state index contributed by atoms with van der Waals surface area (Å²) in [5, 5.41) is 14.5. The first-order valence-corrected chi connectivity index (χ1v) is 11.6. The van der Waals surface area contributed by atoms with E-state index in [1.807, 2.05) is 60.7 Å². The van der Waals surface area contributed by atoms with E-state index < -0.39 is 12.1 Å². The first-order valence-electron chi connectivity index (χ1n) is 11.6. The van der Waals surface area contributed by atoms with Gasteiger partial charge in [-0.15, -0.1) is 0 Å². The second-order valence-corrected chi connectivity index (χ2v) is 8.63. The summed E-state index contributed by atoms with van der Waals surface area (Å²) in [6, 6.07) is 19.6. The Labute approximate surface area is 197 Å². The number of benzene rings is 2. The van der Waals surface area contributed by atoms with Crippen LogP contribution >= 0.6 is 0 Å². The number of pyridine rings is 1. The van der Waals surface area contributed by atoms with Gasteiger partial charge in [-0.1, -0.05) is 48.7 Å². The highest BCUT2D eigenvalue weighted by Crippen LogP contribution is 2.39. The van der Waals surface area contributed by atoms with Crippen LogP contribution in [0, 0.1) is 5.92 Å². The standard InChI is InChI=1S/C27H26N2O5/c30-26(31)16-28-34-27(19-7-2-1-3-8-19)25-15-20-14-22(12-13-24(20)33-25)32-17-21-11-10-18-6-4-5-9-23(18)29-21/h4-6,9-16,19,27H,1-3,7-8,17H2,(H,30,31)/b28-16+. The minimum Gasteiger partial charge on any atom is -0.487 e. The highest BCUT2D eigenvalue weighted by atomic mass is 16.6. The molecule has 0 spiro atoms. The van der Waals surface area contributed by atoms with Gasteiger partial charge in [0.1, 0.15) is 23.7 Å². The van der Waals surface area contributed by atoms with Gasteiger partial charge in [-0.2, -0.15) is 0 Å². The maximum atomic E-state index is 10.8. The summed E-state index contributed by atoms with van der Waals surface area (Å²) in [7, 11) is 0. The van der Waals surface area contributed by atoms with Crippen molar-refractivity contribution in [2.75, 3.05) is 0 Å². The summed E-state index contributed by atoms with van der Waals surface area (Å²) in [5.41, 5.74) is 2.52. The zero-order valence-corrected chi connectivity index (χ0v) is 18.7. The lowest BCUT2D eigenvalue weighted by Crippen LogP contribution is -2.17. The average Bonchev–Trinajstić information content (AvgIpc) is 3.28. The minimum absolute atomic E-state index is 0.231. The monoisotopic (exact) mass is 458 g/mol. The smallest absolute Gasteiger partial charge is 0.350 e. The van der Waals surface area contributed by atoms with Gasteiger partial charge in [0.25, 0.3) is 0 Å². The number of fused-ring (bicyclic) bond motifs is 2. The molecular formula is C27H26N2O5. The number of oxime groups is 1. The van der Waals surface area contributed by atoms with Crippen molar-refractivity contribution in [2.45, 2.75) is 44.8 Å². The number of ether oxygens (including phenoxy) is 1. The van der Waals surface area contributed by atoms with Crippen LogP contribution < -0.4 is 4.74 Å². The summed E-state index contributed by atoms with van der Waals surface area (Å²) in [6.07, 6.45) is 5.78. The molecule has 0 aliphatic heterocycles. The normalized spacial score (nSPS) is 15.6. The fourth-order valence-corrected chi connectivity index (χ4v) is 4.57. The molecule has 0 radical (unpaired) electrons. The van der Waals surface area contributed by atoms with Gasteiger partial charge in [0.05, 0.1) is 11.2 Å². The third-order valence-electron chi connectivity index (χ3n) is 6.25.